The number of aliphatic hydroxyl groups excluding tert-OH is 2. The molecule has 1 unspecified atom stereocenters. The third-order valence-electron chi connectivity index (χ3n) is 6.86. The highest BCUT2D eigenvalue weighted by Crippen LogP contribution is 2.34. The van der Waals surface area contributed by atoms with Crippen molar-refractivity contribution >= 4 is 60.8 Å². The van der Waals surface area contributed by atoms with Gasteiger partial charge in [-0.05, 0) is 75.8 Å². The standard InChI is InChI=1S/C33H34FN7O5S2/c1-20-16-28(38-39-30(20)37-32-35-24-9-4-5-10-26(24)47-32)41(18-22(43)19-42)33-36-29(31(44)45)27(48-33)11-7-15-46-25-13-12-21(17-23(25)34)8-6-14-40(2)3/h4-5,9-10,12-13,16-17,22,42-43H,7,11,14-15,18-19H2,1-3H3,(H,44,45)(H,35,37,39). The second kappa shape index (κ2) is 15.9. The van der Waals surface area contributed by atoms with E-state index in [0.717, 1.165) is 27.1 Å². The Balaban J connectivity index is 1.29. The van der Waals surface area contributed by atoms with Crippen molar-refractivity contribution in [1.29, 1.82) is 0 Å². The van der Waals surface area contributed by atoms with Crippen molar-refractivity contribution in [2.75, 3.05) is 50.6 Å². The number of thiazole rings is 2. The number of aromatic carboxylic acids is 1. The average molecular weight is 692 g/mol. The predicted molar refractivity (Wildman–Crippen MR) is 184 cm³/mol. The lowest BCUT2D eigenvalue weighted by molar-refractivity contribution is 0.0690. The summed E-state index contributed by atoms with van der Waals surface area (Å²) in [5.74, 6) is 4.99. The van der Waals surface area contributed by atoms with E-state index in [-0.39, 0.29) is 29.7 Å². The number of nitrogens with zero attached hydrogens (tertiary/aromatic N) is 6. The Morgan fingerprint density at radius 1 is 1.12 bits per heavy atom. The number of aliphatic hydroxyl groups is 2. The molecule has 0 radical (unpaired) electrons. The summed E-state index contributed by atoms with van der Waals surface area (Å²) in [6, 6.07) is 14.0. The SMILES string of the molecule is Cc1cc(N(CC(O)CO)c2nc(C(=O)O)c(CCCOc3ccc(C#CCN(C)C)cc3F)s2)nnc1Nc1nc2ccccc2s1. The smallest absolute Gasteiger partial charge is 0.355 e. The number of nitrogens with one attached hydrogen (secondary N) is 1. The van der Waals surface area contributed by atoms with Crippen LogP contribution in [0, 0.1) is 24.6 Å². The van der Waals surface area contributed by atoms with E-state index in [1.54, 1.807) is 12.1 Å². The summed E-state index contributed by atoms with van der Waals surface area (Å²) in [6.45, 7) is 1.88. The van der Waals surface area contributed by atoms with Gasteiger partial charge in [-0.25, -0.2) is 19.2 Å². The zero-order valence-electron chi connectivity index (χ0n) is 26.5. The molecule has 5 rings (SSSR count). The highest BCUT2D eigenvalue weighted by Gasteiger charge is 2.25. The maximum Gasteiger partial charge on any atom is 0.355 e. The van der Waals surface area contributed by atoms with Crippen LogP contribution in [0.1, 0.15) is 32.9 Å². The molecule has 0 saturated carbocycles. The number of ether oxygens (including phenoxy) is 1. The molecular formula is C33H34FN7O5S2. The van der Waals surface area contributed by atoms with Gasteiger partial charge in [0.15, 0.2) is 39.2 Å². The lowest BCUT2D eigenvalue weighted by atomic mass is 10.2. The largest absolute Gasteiger partial charge is 0.491 e. The summed E-state index contributed by atoms with van der Waals surface area (Å²) < 4.78 is 21.3. The second-order valence-corrected chi connectivity index (χ2v) is 13.1. The minimum Gasteiger partial charge on any atom is -0.491 e. The molecule has 0 aliphatic heterocycles. The number of rotatable bonds is 14. The summed E-state index contributed by atoms with van der Waals surface area (Å²) in [5, 5.41) is 42.6. The Morgan fingerprint density at radius 3 is 2.65 bits per heavy atom. The fourth-order valence-corrected chi connectivity index (χ4v) is 6.47. The predicted octanol–water partition coefficient (Wildman–Crippen LogP) is 4.85. The Labute approximate surface area is 284 Å². The Hall–Kier alpha value is -4.72. The minimum atomic E-state index is -1.22. The number of carboxylic acids is 1. The van der Waals surface area contributed by atoms with Crippen molar-refractivity contribution < 1.29 is 29.2 Å². The zero-order valence-corrected chi connectivity index (χ0v) is 28.1. The van der Waals surface area contributed by atoms with Crippen LogP contribution in [-0.2, 0) is 6.42 Å². The fraction of sp³-hybridized carbons (Fsp3) is 0.303. The molecule has 15 heteroatoms. The van der Waals surface area contributed by atoms with Crippen LogP contribution in [0.4, 0.5) is 26.3 Å². The van der Waals surface area contributed by atoms with Gasteiger partial charge in [-0.3, -0.25) is 9.80 Å². The molecule has 0 amide bonds. The van der Waals surface area contributed by atoms with E-state index < -0.39 is 24.5 Å². The van der Waals surface area contributed by atoms with E-state index in [0.29, 0.717) is 46.6 Å². The van der Waals surface area contributed by atoms with Crippen molar-refractivity contribution in [2.24, 2.45) is 0 Å². The number of fused-ring (bicyclic) bond motifs is 1. The fourth-order valence-electron chi connectivity index (χ4n) is 4.49. The number of carbonyl (C=O) groups is 1. The maximum atomic E-state index is 14.6. The van der Waals surface area contributed by atoms with Gasteiger partial charge in [0.25, 0.3) is 0 Å². The number of carboxylic acid groups (broad SMARTS) is 1. The topological polar surface area (TPSA) is 157 Å². The molecule has 3 heterocycles. The average Bonchev–Trinajstić information content (AvgIpc) is 3.67. The molecule has 3 aromatic heterocycles. The van der Waals surface area contributed by atoms with Gasteiger partial charge in [0.2, 0.25) is 0 Å². The van der Waals surface area contributed by atoms with E-state index in [1.807, 2.05) is 50.2 Å². The summed E-state index contributed by atoms with van der Waals surface area (Å²) in [4.78, 5) is 25.0. The molecule has 48 heavy (non-hydrogen) atoms. The zero-order chi connectivity index (χ0) is 34.2. The first-order chi connectivity index (χ1) is 23.1. The summed E-state index contributed by atoms with van der Waals surface area (Å²) in [6.07, 6.45) is -0.487. The summed E-state index contributed by atoms with van der Waals surface area (Å²) in [5.41, 5.74) is 1.97. The van der Waals surface area contributed by atoms with Crippen LogP contribution in [0.25, 0.3) is 10.2 Å². The molecule has 0 aliphatic rings. The summed E-state index contributed by atoms with van der Waals surface area (Å²) in [7, 11) is 3.80. The Bertz CT molecular complexity index is 1920. The molecule has 5 aromatic rings. The molecule has 12 nitrogen and oxygen atoms in total. The third-order valence-corrected chi connectivity index (χ3v) is 8.95. The van der Waals surface area contributed by atoms with E-state index in [9.17, 15) is 24.5 Å². The Morgan fingerprint density at radius 2 is 1.94 bits per heavy atom. The normalized spacial score (nSPS) is 11.7. The third kappa shape index (κ3) is 8.79. The van der Waals surface area contributed by atoms with Crippen molar-refractivity contribution in [2.45, 2.75) is 25.9 Å². The quantitative estimate of drug-likeness (QED) is 0.0929. The van der Waals surface area contributed by atoms with Crippen molar-refractivity contribution in [3.63, 3.8) is 0 Å². The van der Waals surface area contributed by atoms with E-state index >= 15 is 0 Å². The minimum absolute atomic E-state index is 0.0794. The first kappa shape index (κ1) is 34.6. The Kier molecular flexibility index (Phi) is 11.5. The number of hydrogen-bond donors (Lipinski definition) is 4. The van der Waals surface area contributed by atoms with Crippen molar-refractivity contribution in [3.8, 4) is 17.6 Å². The molecule has 2 aromatic carbocycles. The number of para-hydroxylation sites is 1. The van der Waals surface area contributed by atoms with E-state index in [1.165, 1.54) is 28.4 Å². The molecule has 0 bridgehead atoms. The second-order valence-electron chi connectivity index (χ2n) is 11.0. The van der Waals surface area contributed by atoms with Gasteiger partial charge in [0.05, 0.1) is 42.6 Å². The van der Waals surface area contributed by atoms with Gasteiger partial charge >= 0.3 is 5.97 Å². The molecule has 4 N–H and O–H groups in total. The van der Waals surface area contributed by atoms with Crippen LogP contribution in [-0.4, -0.2) is 92.9 Å². The van der Waals surface area contributed by atoms with Crippen LogP contribution in [0.15, 0.2) is 48.5 Å². The van der Waals surface area contributed by atoms with Crippen molar-refractivity contribution in [1.82, 2.24) is 25.1 Å². The molecular weight excluding hydrogens is 658 g/mol. The van der Waals surface area contributed by atoms with Crippen LogP contribution in [0.5, 0.6) is 5.75 Å². The number of aromatic nitrogens is 4. The van der Waals surface area contributed by atoms with Crippen LogP contribution >= 0.6 is 22.7 Å². The number of halogens is 1. The van der Waals surface area contributed by atoms with Crippen molar-refractivity contribution in [3.05, 3.63) is 76.0 Å². The molecule has 0 saturated heterocycles. The molecule has 1 atom stereocenters. The number of aryl methyl sites for hydroxylation is 2. The van der Waals surface area contributed by atoms with Crippen LogP contribution < -0.4 is 15.0 Å². The van der Waals surface area contributed by atoms with Crippen LogP contribution in [0.2, 0.25) is 0 Å². The first-order valence-electron chi connectivity index (χ1n) is 14.9. The van der Waals surface area contributed by atoms with Crippen LogP contribution in [0.3, 0.4) is 0 Å². The molecule has 0 spiro atoms. The lowest BCUT2D eigenvalue weighted by Gasteiger charge is -2.23. The number of hydrogen-bond acceptors (Lipinski definition) is 13. The van der Waals surface area contributed by atoms with Gasteiger partial charge in [-0.2, -0.15) is 0 Å². The molecule has 0 aliphatic carbocycles. The monoisotopic (exact) mass is 691 g/mol. The van der Waals surface area contributed by atoms with Gasteiger partial charge in [0, 0.05) is 10.4 Å². The van der Waals surface area contributed by atoms with E-state index in [4.69, 9.17) is 4.74 Å². The molecule has 0 fully saturated rings. The highest BCUT2D eigenvalue weighted by atomic mass is 32.1. The van der Waals surface area contributed by atoms with Gasteiger partial charge < -0.3 is 25.4 Å². The van der Waals surface area contributed by atoms with Gasteiger partial charge in [0.1, 0.15) is 0 Å². The number of anilines is 4. The van der Waals surface area contributed by atoms with Gasteiger partial charge in [-0.15, -0.1) is 21.5 Å². The molecule has 250 valence electrons. The summed E-state index contributed by atoms with van der Waals surface area (Å²) >= 11 is 2.60. The first-order valence-corrected chi connectivity index (χ1v) is 16.6. The van der Waals surface area contributed by atoms with E-state index in [2.05, 4.69) is 37.3 Å². The highest BCUT2D eigenvalue weighted by molar-refractivity contribution is 7.22. The maximum absolute atomic E-state index is 14.6. The number of benzene rings is 2. The lowest BCUT2D eigenvalue weighted by Crippen LogP contribution is -2.31. The van der Waals surface area contributed by atoms with Gasteiger partial charge in [-0.1, -0.05) is 35.3 Å².